The molecule has 15 nitrogen and oxygen atoms in total. The van der Waals surface area contributed by atoms with Crippen molar-refractivity contribution < 1.29 is 71.2 Å². The van der Waals surface area contributed by atoms with Gasteiger partial charge >= 0.3 is 0 Å². The van der Waals surface area contributed by atoms with E-state index in [0.29, 0.717) is 105 Å². The molecule has 0 spiro atoms. The molecule has 15 heteroatoms. The first-order chi connectivity index (χ1) is 33.8. The van der Waals surface area contributed by atoms with Crippen molar-refractivity contribution in [3.63, 3.8) is 0 Å². The van der Waals surface area contributed by atoms with E-state index in [1.807, 2.05) is 36.4 Å². The van der Waals surface area contributed by atoms with Gasteiger partial charge in [0.1, 0.15) is 58.5 Å². The highest BCUT2D eigenvalue weighted by Gasteiger charge is 2.27. The maximum Gasteiger partial charge on any atom is 0.164 e. The summed E-state index contributed by atoms with van der Waals surface area (Å²) in [5.74, 6) is 6.00. The van der Waals surface area contributed by atoms with Crippen molar-refractivity contribution in [2.75, 3.05) is 82.3 Å². The predicted octanol–water partition coefficient (Wildman–Crippen LogP) is 8.63. The zero-order valence-corrected chi connectivity index (χ0v) is 39.4. The molecule has 0 bridgehead atoms. The number of ether oxygens (including phenoxy) is 12. The van der Waals surface area contributed by atoms with E-state index in [1.165, 1.54) is 21.3 Å². The van der Waals surface area contributed by atoms with E-state index in [0.717, 1.165) is 52.2 Å². The molecule has 0 unspecified atom stereocenters. The first-order valence-corrected chi connectivity index (χ1v) is 22.0. The Morgan fingerprint density at radius 1 is 0.319 bits per heavy atom. The maximum atomic E-state index is 11.3. The number of hydrogen-bond acceptors (Lipinski definition) is 15. The molecule has 0 heterocycles. The zero-order chi connectivity index (χ0) is 48.7. The molecule has 0 N–H and O–H groups in total. The van der Waals surface area contributed by atoms with Gasteiger partial charge in [-0.25, -0.2) is 0 Å². The Morgan fingerprint density at radius 3 is 0.797 bits per heavy atom. The topological polar surface area (TPSA) is 162 Å². The average Bonchev–Trinajstić information content (AvgIpc) is 3.45. The van der Waals surface area contributed by atoms with Gasteiger partial charge in [0.2, 0.25) is 0 Å². The lowest BCUT2D eigenvalue weighted by molar-refractivity contribution is 0.111. The standard InChI is InChI=1S/C54H54O15/c1-58-49-25-34(31-55)7-13-43(49)64-19-22-67-46-16-10-37-29-41-39(12-18-48(53(41)62-5)69-24-21-66-45-15-9-36(33-57)27-51(45)60-3)30-42-38(28-40(37)52(46)61-4)11-17-47(54(42)63-6)68-23-20-65-44-14-8-35(32-56)26-50(44)59-2/h7-18,25-27,31-33H,19-24,28-30H2,1-6H3. The summed E-state index contributed by atoms with van der Waals surface area (Å²) < 4.78 is 71.8. The maximum absolute atomic E-state index is 11.3. The Morgan fingerprint density at radius 2 is 0.565 bits per heavy atom. The van der Waals surface area contributed by atoms with Crippen LogP contribution >= 0.6 is 0 Å². The van der Waals surface area contributed by atoms with Crippen LogP contribution in [0.25, 0.3) is 0 Å². The lowest BCUT2D eigenvalue weighted by Crippen LogP contribution is -2.12. The van der Waals surface area contributed by atoms with Crippen LogP contribution in [0.5, 0.6) is 69.0 Å². The van der Waals surface area contributed by atoms with Crippen molar-refractivity contribution in [1.82, 2.24) is 0 Å². The quantitative estimate of drug-likeness (QED) is 0.0418. The monoisotopic (exact) mass is 942 g/mol. The largest absolute Gasteiger partial charge is 0.493 e. The Labute approximate surface area is 400 Å². The van der Waals surface area contributed by atoms with Crippen molar-refractivity contribution >= 4 is 18.9 Å². The third-order valence-electron chi connectivity index (χ3n) is 11.4. The molecule has 0 aliphatic heterocycles. The molecule has 0 fully saturated rings. The summed E-state index contributed by atoms with van der Waals surface area (Å²) in [6.07, 6.45) is 3.59. The number of hydrogen-bond donors (Lipinski definition) is 0. The third-order valence-corrected chi connectivity index (χ3v) is 11.4. The smallest absolute Gasteiger partial charge is 0.164 e. The highest BCUT2D eigenvalue weighted by Crippen LogP contribution is 2.45. The van der Waals surface area contributed by atoms with Crippen LogP contribution in [0.2, 0.25) is 0 Å². The number of aldehydes is 3. The molecule has 6 aromatic carbocycles. The van der Waals surface area contributed by atoms with Crippen molar-refractivity contribution in [2.45, 2.75) is 19.3 Å². The van der Waals surface area contributed by atoms with Gasteiger partial charge in [-0.05, 0) is 89.5 Å². The molecule has 7 rings (SSSR count). The second-order valence-electron chi connectivity index (χ2n) is 15.4. The van der Waals surface area contributed by atoms with Crippen LogP contribution in [0.15, 0.2) is 91.0 Å². The van der Waals surface area contributed by atoms with E-state index < -0.39 is 0 Å². The summed E-state index contributed by atoms with van der Waals surface area (Å²) in [6.45, 7) is 1.08. The number of rotatable bonds is 24. The van der Waals surface area contributed by atoms with Gasteiger partial charge in [0.25, 0.3) is 0 Å². The summed E-state index contributed by atoms with van der Waals surface area (Å²) in [6, 6.07) is 26.6. The lowest BCUT2D eigenvalue weighted by Gasteiger charge is -2.20. The molecular formula is C54H54O15. The fourth-order valence-electron chi connectivity index (χ4n) is 8.14. The van der Waals surface area contributed by atoms with Crippen LogP contribution in [-0.4, -0.2) is 101 Å². The highest BCUT2D eigenvalue weighted by atomic mass is 16.6. The Hall–Kier alpha value is -8.07. The molecule has 6 aromatic rings. The minimum atomic E-state index is 0.178. The Kier molecular flexibility index (Phi) is 16.7. The Balaban J connectivity index is 1.19. The van der Waals surface area contributed by atoms with Crippen LogP contribution in [0.4, 0.5) is 0 Å². The highest BCUT2D eigenvalue weighted by molar-refractivity contribution is 5.77. The predicted molar refractivity (Wildman–Crippen MR) is 256 cm³/mol. The van der Waals surface area contributed by atoms with Gasteiger partial charge in [0, 0.05) is 52.6 Å². The number of benzene rings is 6. The van der Waals surface area contributed by atoms with Gasteiger partial charge in [0.15, 0.2) is 69.0 Å². The molecule has 1 aliphatic carbocycles. The third kappa shape index (κ3) is 11.4. The van der Waals surface area contributed by atoms with Gasteiger partial charge in [0.05, 0.1) is 42.7 Å². The van der Waals surface area contributed by atoms with E-state index in [2.05, 4.69) is 0 Å². The molecule has 0 aromatic heterocycles. The summed E-state index contributed by atoms with van der Waals surface area (Å²) in [4.78, 5) is 33.9. The second kappa shape index (κ2) is 23.6. The first-order valence-electron chi connectivity index (χ1n) is 22.0. The number of carbonyl (C=O) groups excluding carboxylic acids is 3. The molecule has 0 saturated heterocycles. The van der Waals surface area contributed by atoms with E-state index >= 15 is 0 Å². The van der Waals surface area contributed by atoms with E-state index in [9.17, 15) is 14.4 Å². The molecule has 0 atom stereocenters. The van der Waals surface area contributed by atoms with Crippen LogP contribution in [-0.2, 0) is 19.3 Å². The van der Waals surface area contributed by atoms with E-state index in [1.54, 1.807) is 75.9 Å². The second-order valence-corrected chi connectivity index (χ2v) is 15.4. The van der Waals surface area contributed by atoms with Gasteiger partial charge in [-0.3, -0.25) is 14.4 Å². The minimum absolute atomic E-state index is 0.178. The zero-order valence-electron chi connectivity index (χ0n) is 39.4. The number of carbonyl (C=O) groups is 3. The van der Waals surface area contributed by atoms with Crippen LogP contribution in [0.3, 0.4) is 0 Å². The van der Waals surface area contributed by atoms with Gasteiger partial charge in [-0.15, -0.1) is 0 Å². The number of fused-ring (bicyclic) bond motifs is 3. The summed E-state index contributed by atoms with van der Waals surface area (Å²) in [7, 11) is 9.40. The SMILES string of the molecule is COc1cc(C=O)ccc1OCCOc1ccc2c(c1OC)Cc1ccc(OCCOc3ccc(C=O)cc3OC)c(OC)c1Cc1ccc(OCCOc3ccc(C=O)cc3OC)c(OC)c1C2. The molecule has 1 aliphatic rings. The van der Waals surface area contributed by atoms with Crippen LogP contribution in [0, 0.1) is 0 Å². The van der Waals surface area contributed by atoms with Crippen molar-refractivity contribution in [1.29, 1.82) is 0 Å². The van der Waals surface area contributed by atoms with Crippen LogP contribution < -0.4 is 56.8 Å². The average molecular weight is 943 g/mol. The lowest BCUT2D eigenvalue weighted by atomic mass is 9.93. The van der Waals surface area contributed by atoms with Crippen molar-refractivity contribution in [3.8, 4) is 69.0 Å². The number of methoxy groups -OCH3 is 6. The van der Waals surface area contributed by atoms with Crippen LogP contribution in [0.1, 0.15) is 64.5 Å². The summed E-state index contributed by atoms with van der Waals surface area (Å²) in [5.41, 5.74) is 7.03. The molecule has 69 heavy (non-hydrogen) atoms. The molecule has 0 radical (unpaired) electrons. The molecular weight excluding hydrogens is 889 g/mol. The Bertz CT molecular complexity index is 2470. The van der Waals surface area contributed by atoms with E-state index in [4.69, 9.17) is 56.8 Å². The molecule has 0 saturated carbocycles. The van der Waals surface area contributed by atoms with Crippen molar-refractivity contribution in [3.05, 3.63) is 141 Å². The van der Waals surface area contributed by atoms with Gasteiger partial charge in [-0.2, -0.15) is 0 Å². The first kappa shape index (κ1) is 48.9. The van der Waals surface area contributed by atoms with Crippen molar-refractivity contribution in [2.24, 2.45) is 0 Å². The molecule has 0 amide bonds. The fraction of sp³-hybridized carbons (Fsp3) is 0.278. The van der Waals surface area contributed by atoms with Gasteiger partial charge in [-0.1, -0.05) is 18.2 Å². The molecule has 360 valence electrons. The summed E-state index contributed by atoms with van der Waals surface area (Å²) >= 11 is 0. The minimum Gasteiger partial charge on any atom is -0.493 e. The fourth-order valence-corrected chi connectivity index (χ4v) is 8.14. The summed E-state index contributed by atoms with van der Waals surface area (Å²) in [5, 5.41) is 0. The van der Waals surface area contributed by atoms with Gasteiger partial charge < -0.3 is 56.8 Å². The normalized spacial score (nSPS) is 11.4. The van der Waals surface area contributed by atoms with E-state index in [-0.39, 0.29) is 39.6 Å².